The first kappa shape index (κ1) is 15.0. The highest BCUT2D eigenvalue weighted by Gasteiger charge is 2.17. The van der Waals surface area contributed by atoms with E-state index in [9.17, 15) is 0 Å². The Balaban J connectivity index is 3.00. The first-order chi connectivity index (χ1) is 8.61. The van der Waals surface area contributed by atoms with Gasteiger partial charge in [-0.3, -0.25) is 0 Å². The Hall–Kier alpha value is -1.03. The van der Waals surface area contributed by atoms with Crippen molar-refractivity contribution in [1.82, 2.24) is 9.97 Å². The highest BCUT2D eigenvalue weighted by atomic mass is 35.5. The molecule has 4 nitrogen and oxygen atoms in total. The summed E-state index contributed by atoms with van der Waals surface area (Å²) in [6, 6.07) is 0.372. The van der Waals surface area contributed by atoms with Crippen molar-refractivity contribution < 1.29 is 4.74 Å². The Morgan fingerprint density at radius 1 is 1.39 bits per heavy atom. The summed E-state index contributed by atoms with van der Waals surface area (Å²) in [6.45, 7) is 9.75. The number of halogens is 1. The predicted molar refractivity (Wildman–Crippen MR) is 75.8 cm³/mol. The normalized spacial score (nSPS) is 10.8. The summed E-state index contributed by atoms with van der Waals surface area (Å²) in [4.78, 5) is 10.8. The smallest absolute Gasteiger partial charge is 0.221 e. The topological polar surface area (TPSA) is 38.3 Å². The molecule has 0 saturated heterocycles. The highest BCUT2D eigenvalue weighted by Crippen LogP contribution is 2.25. The van der Waals surface area contributed by atoms with Crippen LogP contribution >= 0.6 is 11.6 Å². The van der Waals surface area contributed by atoms with E-state index in [0.717, 1.165) is 24.3 Å². The highest BCUT2D eigenvalue weighted by molar-refractivity contribution is 6.17. The van der Waals surface area contributed by atoms with Gasteiger partial charge in [0.15, 0.2) is 0 Å². The van der Waals surface area contributed by atoms with Gasteiger partial charge >= 0.3 is 0 Å². The average Bonchev–Trinajstić information content (AvgIpc) is 2.34. The number of ether oxygens (including phenoxy) is 1. The number of anilines is 1. The van der Waals surface area contributed by atoms with Crippen LogP contribution in [0.25, 0.3) is 0 Å². The minimum atomic E-state index is 0.372. The molecular formula is C13H22ClN3O. The van der Waals surface area contributed by atoms with E-state index in [-0.39, 0.29) is 0 Å². The number of nitrogens with zero attached hydrogens (tertiary/aromatic N) is 3. The second-order valence-corrected chi connectivity index (χ2v) is 4.77. The lowest BCUT2D eigenvalue weighted by Crippen LogP contribution is -2.33. The van der Waals surface area contributed by atoms with Gasteiger partial charge in [0.1, 0.15) is 12.1 Å². The molecule has 0 aliphatic rings. The van der Waals surface area contributed by atoms with E-state index in [1.807, 2.05) is 13.8 Å². The van der Waals surface area contributed by atoms with E-state index in [1.54, 1.807) is 6.33 Å². The third-order valence-corrected chi connectivity index (χ3v) is 2.99. The van der Waals surface area contributed by atoms with Crippen LogP contribution in [0.2, 0.25) is 0 Å². The third-order valence-electron chi connectivity index (χ3n) is 2.72. The summed E-state index contributed by atoms with van der Waals surface area (Å²) in [5, 5.41) is 0. The van der Waals surface area contributed by atoms with Crippen molar-refractivity contribution in [2.45, 2.75) is 40.2 Å². The molecule has 1 rings (SSSR count). The molecule has 0 unspecified atom stereocenters. The zero-order valence-electron chi connectivity index (χ0n) is 11.6. The van der Waals surface area contributed by atoms with Crippen LogP contribution in [0.15, 0.2) is 6.33 Å². The summed E-state index contributed by atoms with van der Waals surface area (Å²) in [5.41, 5.74) is 0.989. The molecule has 5 heteroatoms. The van der Waals surface area contributed by atoms with Gasteiger partial charge in [-0.25, -0.2) is 9.97 Å². The van der Waals surface area contributed by atoms with E-state index in [4.69, 9.17) is 16.3 Å². The zero-order valence-corrected chi connectivity index (χ0v) is 12.4. The molecule has 1 aromatic heterocycles. The third kappa shape index (κ3) is 3.73. The quantitative estimate of drug-likeness (QED) is 0.715. The Bertz CT molecular complexity index is 371. The van der Waals surface area contributed by atoms with Crippen LogP contribution in [0.5, 0.6) is 5.88 Å². The number of alkyl halides is 1. The summed E-state index contributed by atoms with van der Waals surface area (Å²) >= 11 is 5.77. The standard InChI is InChI=1S/C13H22ClN3O/c1-5-18-13-11(4)12(15-9-16-13)17(10(2)3)8-6-7-14/h9-10H,5-8H2,1-4H3. The van der Waals surface area contributed by atoms with E-state index in [1.165, 1.54) is 0 Å². The lowest BCUT2D eigenvalue weighted by Gasteiger charge is -2.29. The van der Waals surface area contributed by atoms with E-state index in [0.29, 0.717) is 24.4 Å². The van der Waals surface area contributed by atoms with Crippen molar-refractivity contribution in [2.75, 3.05) is 23.9 Å². The van der Waals surface area contributed by atoms with Crippen LogP contribution in [-0.2, 0) is 0 Å². The molecule has 0 aliphatic heterocycles. The fraction of sp³-hybridized carbons (Fsp3) is 0.692. The number of hydrogen-bond donors (Lipinski definition) is 0. The molecule has 0 radical (unpaired) electrons. The van der Waals surface area contributed by atoms with E-state index in [2.05, 4.69) is 28.7 Å². The SMILES string of the molecule is CCOc1ncnc(N(CCCCl)C(C)C)c1C. The molecule has 1 heterocycles. The van der Waals surface area contributed by atoms with Crippen molar-refractivity contribution in [1.29, 1.82) is 0 Å². The molecule has 102 valence electrons. The van der Waals surface area contributed by atoms with E-state index >= 15 is 0 Å². The van der Waals surface area contributed by atoms with Crippen LogP contribution in [-0.4, -0.2) is 35.0 Å². The predicted octanol–water partition coefficient (Wildman–Crippen LogP) is 3.03. The van der Waals surface area contributed by atoms with Gasteiger partial charge in [0.25, 0.3) is 0 Å². The molecule has 0 aromatic carbocycles. The van der Waals surface area contributed by atoms with Crippen LogP contribution in [0.3, 0.4) is 0 Å². The second-order valence-electron chi connectivity index (χ2n) is 4.39. The minimum absolute atomic E-state index is 0.372. The maximum absolute atomic E-state index is 5.77. The van der Waals surface area contributed by atoms with Gasteiger partial charge in [0.2, 0.25) is 5.88 Å². The van der Waals surface area contributed by atoms with Crippen molar-refractivity contribution in [3.8, 4) is 5.88 Å². The Kier molecular flexibility index (Phi) is 6.19. The molecule has 18 heavy (non-hydrogen) atoms. The zero-order chi connectivity index (χ0) is 13.5. The Morgan fingerprint density at radius 2 is 2.11 bits per heavy atom. The average molecular weight is 272 g/mol. The van der Waals surface area contributed by atoms with Gasteiger partial charge in [-0.1, -0.05) is 0 Å². The van der Waals surface area contributed by atoms with E-state index < -0.39 is 0 Å². The molecule has 0 spiro atoms. The maximum atomic E-state index is 5.77. The van der Waals surface area contributed by atoms with Crippen LogP contribution < -0.4 is 9.64 Å². The molecule has 0 fully saturated rings. The van der Waals surface area contributed by atoms with Crippen molar-refractivity contribution in [3.05, 3.63) is 11.9 Å². The monoisotopic (exact) mass is 271 g/mol. The number of rotatable bonds is 7. The lowest BCUT2D eigenvalue weighted by molar-refractivity contribution is 0.323. The number of hydrogen-bond acceptors (Lipinski definition) is 4. The molecular weight excluding hydrogens is 250 g/mol. The summed E-state index contributed by atoms with van der Waals surface area (Å²) in [6.07, 6.45) is 2.50. The van der Waals surface area contributed by atoms with Gasteiger partial charge in [-0.15, -0.1) is 11.6 Å². The van der Waals surface area contributed by atoms with Crippen LogP contribution in [0.4, 0.5) is 5.82 Å². The van der Waals surface area contributed by atoms with Crippen LogP contribution in [0.1, 0.15) is 32.8 Å². The van der Waals surface area contributed by atoms with Gasteiger partial charge in [0.05, 0.1) is 12.2 Å². The maximum Gasteiger partial charge on any atom is 0.221 e. The fourth-order valence-electron chi connectivity index (χ4n) is 1.84. The number of aromatic nitrogens is 2. The molecule has 0 atom stereocenters. The Labute approximate surface area is 114 Å². The lowest BCUT2D eigenvalue weighted by atomic mass is 10.2. The van der Waals surface area contributed by atoms with Gasteiger partial charge in [-0.05, 0) is 34.1 Å². The van der Waals surface area contributed by atoms with Gasteiger partial charge in [0, 0.05) is 18.5 Å². The van der Waals surface area contributed by atoms with Gasteiger partial charge in [-0.2, -0.15) is 0 Å². The van der Waals surface area contributed by atoms with Gasteiger partial charge < -0.3 is 9.64 Å². The summed E-state index contributed by atoms with van der Waals surface area (Å²) in [5.74, 6) is 2.26. The first-order valence-corrected chi connectivity index (χ1v) is 6.92. The molecule has 0 amide bonds. The summed E-state index contributed by atoms with van der Waals surface area (Å²) in [7, 11) is 0. The molecule has 0 aliphatic carbocycles. The Morgan fingerprint density at radius 3 is 2.67 bits per heavy atom. The summed E-state index contributed by atoms with van der Waals surface area (Å²) < 4.78 is 5.51. The second kappa shape index (κ2) is 7.41. The molecule has 1 aromatic rings. The molecule has 0 saturated carbocycles. The largest absolute Gasteiger partial charge is 0.478 e. The van der Waals surface area contributed by atoms with Crippen LogP contribution in [0, 0.1) is 6.92 Å². The van der Waals surface area contributed by atoms with Crippen molar-refractivity contribution in [2.24, 2.45) is 0 Å². The minimum Gasteiger partial charge on any atom is -0.478 e. The molecule has 0 bridgehead atoms. The first-order valence-electron chi connectivity index (χ1n) is 6.38. The molecule has 0 N–H and O–H groups in total. The van der Waals surface area contributed by atoms with Crippen molar-refractivity contribution >= 4 is 17.4 Å². The fourth-order valence-corrected chi connectivity index (χ4v) is 1.96. The van der Waals surface area contributed by atoms with Crippen molar-refractivity contribution in [3.63, 3.8) is 0 Å².